The summed E-state index contributed by atoms with van der Waals surface area (Å²) in [5, 5.41) is 6.04. The predicted octanol–water partition coefficient (Wildman–Crippen LogP) is 2.41. The van der Waals surface area contributed by atoms with E-state index >= 15 is 0 Å². The molecular formula is C14H20F3N3O. The van der Waals surface area contributed by atoms with Gasteiger partial charge in [-0.05, 0) is 24.6 Å². The normalized spacial score (nSPS) is 13.9. The lowest BCUT2D eigenvalue weighted by Crippen LogP contribution is -2.43. The zero-order valence-electron chi connectivity index (χ0n) is 12.3. The van der Waals surface area contributed by atoms with Crippen LogP contribution < -0.4 is 10.6 Å². The molecule has 2 N–H and O–H groups in total. The molecule has 0 fully saturated rings. The molecule has 0 saturated heterocycles. The van der Waals surface area contributed by atoms with Crippen LogP contribution in [-0.2, 0) is 17.5 Å². The van der Waals surface area contributed by atoms with Crippen LogP contribution in [0.25, 0.3) is 0 Å². The number of alkyl halides is 3. The molecule has 1 aromatic carbocycles. The Hall–Kier alpha value is -1.76. The fourth-order valence-electron chi connectivity index (χ4n) is 1.76. The zero-order valence-corrected chi connectivity index (χ0v) is 12.3. The van der Waals surface area contributed by atoms with Crippen LogP contribution in [-0.4, -0.2) is 32.8 Å². The number of aliphatic imine (C=N–C) groups is 1. The third kappa shape index (κ3) is 6.03. The Morgan fingerprint density at radius 3 is 2.67 bits per heavy atom. The second-order valence-corrected chi connectivity index (χ2v) is 4.62. The second-order valence-electron chi connectivity index (χ2n) is 4.62. The average molecular weight is 303 g/mol. The Morgan fingerprint density at radius 1 is 1.38 bits per heavy atom. The number of benzene rings is 1. The van der Waals surface area contributed by atoms with Gasteiger partial charge in [0, 0.05) is 26.7 Å². The smallest absolute Gasteiger partial charge is 0.383 e. The molecule has 0 heterocycles. The van der Waals surface area contributed by atoms with E-state index in [-0.39, 0.29) is 12.6 Å². The number of guanidine groups is 1. The number of methoxy groups -OCH3 is 1. The van der Waals surface area contributed by atoms with Gasteiger partial charge in [-0.25, -0.2) is 0 Å². The molecule has 0 aliphatic heterocycles. The van der Waals surface area contributed by atoms with E-state index in [1.54, 1.807) is 20.2 Å². The van der Waals surface area contributed by atoms with Crippen LogP contribution >= 0.6 is 0 Å². The van der Waals surface area contributed by atoms with Gasteiger partial charge < -0.3 is 15.4 Å². The highest BCUT2D eigenvalue weighted by Gasteiger charge is 2.30. The van der Waals surface area contributed by atoms with Gasteiger partial charge in [0.1, 0.15) is 0 Å². The van der Waals surface area contributed by atoms with Crippen molar-refractivity contribution >= 4 is 5.96 Å². The van der Waals surface area contributed by atoms with Crippen LogP contribution in [0.5, 0.6) is 0 Å². The lowest BCUT2D eigenvalue weighted by Gasteiger charge is -2.17. The maximum absolute atomic E-state index is 12.6. The van der Waals surface area contributed by atoms with Crippen molar-refractivity contribution in [3.63, 3.8) is 0 Å². The van der Waals surface area contributed by atoms with Gasteiger partial charge >= 0.3 is 6.18 Å². The summed E-state index contributed by atoms with van der Waals surface area (Å²) in [5.41, 5.74) is -0.121. The molecule has 4 nitrogen and oxygen atoms in total. The molecule has 0 bridgehead atoms. The summed E-state index contributed by atoms with van der Waals surface area (Å²) in [6, 6.07) is 5.25. The van der Waals surface area contributed by atoms with E-state index in [0.29, 0.717) is 18.1 Å². The van der Waals surface area contributed by atoms with Crippen molar-refractivity contribution < 1.29 is 17.9 Å². The standard InChI is InChI=1S/C14H20F3N3O/c1-10(9-21-3)20-13(18-2)19-8-11-5-4-6-12(7-11)14(15,16)17/h4-7,10H,8-9H2,1-3H3,(H2,18,19,20). The first-order valence-corrected chi connectivity index (χ1v) is 6.49. The van der Waals surface area contributed by atoms with Crippen molar-refractivity contribution in [2.45, 2.75) is 25.7 Å². The van der Waals surface area contributed by atoms with E-state index in [1.807, 2.05) is 6.92 Å². The molecule has 0 radical (unpaired) electrons. The van der Waals surface area contributed by atoms with Gasteiger partial charge in [-0.1, -0.05) is 12.1 Å². The lowest BCUT2D eigenvalue weighted by atomic mass is 10.1. The quantitative estimate of drug-likeness (QED) is 0.648. The first kappa shape index (κ1) is 17.3. The molecule has 0 spiro atoms. The van der Waals surface area contributed by atoms with Crippen molar-refractivity contribution in [1.82, 2.24) is 10.6 Å². The van der Waals surface area contributed by atoms with Crippen molar-refractivity contribution in [2.75, 3.05) is 20.8 Å². The Bertz CT molecular complexity index is 475. The fourth-order valence-corrected chi connectivity index (χ4v) is 1.76. The molecule has 0 aromatic heterocycles. The van der Waals surface area contributed by atoms with E-state index in [0.717, 1.165) is 12.1 Å². The van der Waals surface area contributed by atoms with Crippen molar-refractivity contribution in [3.8, 4) is 0 Å². The number of hydrogen-bond acceptors (Lipinski definition) is 2. The van der Waals surface area contributed by atoms with Gasteiger partial charge in [-0.15, -0.1) is 0 Å². The molecule has 0 amide bonds. The number of ether oxygens (including phenoxy) is 1. The van der Waals surface area contributed by atoms with E-state index in [4.69, 9.17) is 4.74 Å². The summed E-state index contributed by atoms with van der Waals surface area (Å²) < 4.78 is 42.9. The topological polar surface area (TPSA) is 45.7 Å². The third-order valence-electron chi connectivity index (χ3n) is 2.74. The number of hydrogen-bond donors (Lipinski definition) is 2. The highest BCUT2D eigenvalue weighted by molar-refractivity contribution is 5.79. The Morgan fingerprint density at radius 2 is 2.10 bits per heavy atom. The van der Waals surface area contributed by atoms with Crippen molar-refractivity contribution in [3.05, 3.63) is 35.4 Å². The summed E-state index contributed by atoms with van der Waals surface area (Å²) >= 11 is 0. The highest BCUT2D eigenvalue weighted by atomic mass is 19.4. The lowest BCUT2D eigenvalue weighted by molar-refractivity contribution is -0.137. The minimum atomic E-state index is -4.33. The van der Waals surface area contributed by atoms with Crippen LogP contribution in [0.2, 0.25) is 0 Å². The summed E-state index contributed by atoms with van der Waals surface area (Å²) in [5.74, 6) is 0.511. The number of nitrogens with zero attached hydrogens (tertiary/aromatic N) is 1. The van der Waals surface area contributed by atoms with Crippen LogP contribution in [0.4, 0.5) is 13.2 Å². The molecular weight excluding hydrogens is 283 g/mol. The van der Waals surface area contributed by atoms with Crippen molar-refractivity contribution in [2.24, 2.45) is 4.99 Å². The Labute approximate surface area is 122 Å². The van der Waals surface area contributed by atoms with Crippen LogP contribution in [0.15, 0.2) is 29.3 Å². The van der Waals surface area contributed by atoms with Crippen LogP contribution in [0.1, 0.15) is 18.1 Å². The van der Waals surface area contributed by atoms with Gasteiger partial charge in [0.25, 0.3) is 0 Å². The molecule has 7 heteroatoms. The Kier molecular flexibility index (Phi) is 6.48. The second kappa shape index (κ2) is 7.87. The largest absolute Gasteiger partial charge is 0.416 e. The molecule has 1 atom stereocenters. The van der Waals surface area contributed by atoms with E-state index in [1.165, 1.54) is 6.07 Å². The molecule has 1 aromatic rings. The highest BCUT2D eigenvalue weighted by Crippen LogP contribution is 2.29. The minimum Gasteiger partial charge on any atom is -0.383 e. The van der Waals surface area contributed by atoms with Crippen molar-refractivity contribution in [1.29, 1.82) is 0 Å². The molecule has 1 unspecified atom stereocenters. The Balaban J connectivity index is 2.61. The van der Waals surface area contributed by atoms with E-state index in [9.17, 15) is 13.2 Å². The molecule has 0 aliphatic carbocycles. The van der Waals surface area contributed by atoms with Gasteiger partial charge in [0.15, 0.2) is 5.96 Å². The van der Waals surface area contributed by atoms with E-state index < -0.39 is 11.7 Å². The molecule has 0 aliphatic rings. The van der Waals surface area contributed by atoms with Gasteiger partial charge in [0.2, 0.25) is 0 Å². The number of rotatable bonds is 5. The minimum absolute atomic E-state index is 0.0442. The SMILES string of the molecule is CN=C(NCc1cccc(C(F)(F)F)c1)NC(C)COC. The van der Waals surface area contributed by atoms with Gasteiger partial charge in [0.05, 0.1) is 12.2 Å². The third-order valence-corrected chi connectivity index (χ3v) is 2.74. The first-order chi connectivity index (χ1) is 9.86. The van der Waals surface area contributed by atoms with Gasteiger partial charge in [-0.2, -0.15) is 13.2 Å². The number of halogens is 3. The van der Waals surface area contributed by atoms with Gasteiger partial charge in [-0.3, -0.25) is 4.99 Å². The maximum Gasteiger partial charge on any atom is 0.416 e. The number of nitrogens with one attached hydrogen (secondary N) is 2. The first-order valence-electron chi connectivity index (χ1n) is 6.49. The van der Waals surface area contributed by atoms with Crippen LogP contribution in [0, 0.1) is 0 Å². The predicted molar refractivity (Wildman–Crippen MR) is 76.1 cm³/mol. The van der Waals surface area contributed by atoms with E-state index in [2.05, 4.69) is 15.6 Å². The van der Waals surface area contributed by atoms with Crippen LogP contribution in [0.3, 0.4) is 0 Å². The summed E-state index contributed by atoms with van der Waals surface area (Å²) in [6.07, 6.45) is -4.33. The zero-order chi connectivity index (χ0) is 15.9. The molecule has 0 saturated carbocycles. The fraction of sp³-hybridized carbons (Fsp3) is 0.500. The molecule has 21 heavy (non-hydrogen) atoms. The molecule has 118 valence electrons. The summed E-state index contributed by atoms with van der Waals surface area (Å²) in [6.45, 7) is 2.67. The summed E-state index contributed by atoms with van der Waals surface area (Å²) in [4.78, 5) is 4.01. The maximum atomic E-state index is 12.6. The monoisotopic (exact) mass is 303 g/mol. The average Bonchev–Trinajstić information content (AvgIpc) is 2.43. The summed E-state index contributed by atoms with van der Waals surface area (Å²) in [7, 11) is 3.19. The molecule has 1 rings (SSSR count).